The minimum absolute atomic E-state index is 0.0903. The summed E-state index contributed by atoms with van der Waals surface area (Å²) in [6.07, 6.45) is 1.74. The Kier molecular flexibility index (Phi) is 5.98. The molecule has 0 unspecified atom stereocenters. The Hall–Kier alpha value is -2.99. The molecule has 0 fully saturated rings. The molecule has 1 heterocycles. The van der Waals surface area contributed by atoms with Crippen LogP contribution in [0, 0.1) is 0 Å². The standard InChI is InChI=1S/C21H24N4O2/c1-24(2)14-17-9-7-16(8-10-17)13-22-20(26)11-12-25-15-23-19-6-4-3-5-18(19)21(25)27/h3-10,15H,11-14H2,1-2H3,(H,22,26). The van der Waals surface area contributed by atoms with Gasteiger partial charge in [-0.15, -0.1) is 0 Å². The van der Waals surface area contributed by atoms with Gasteiger partial charge in [-0.3, -0.25) is 14.2 Å². The van der Waals surface area contributed by atoms with Crippen LogP contribution < -0.4 is 10.9 Å². The summed E-state index contributed by atoms with van der Waals surface area (Å²) in [5.74, 6) is -0.0903. The second-order valence-corrected chi connectivity index (χ2v) is 6.84. The largest absolute Gasteiger partial charge is 0.352 e. The maximum atomic E-state index is 12.4. The van der Waals surface area contributed by atoms with E-state index in [0.29, 0.717) is 24.0 Å². The second-order valence-electron chi connectivity index (χ2n) is 6.84. The molecule has 1 aromatic heterocycles. The smallest absolute Gasteiger partial charge is 0.261 e. The number of fused-ring (bicyclic) bond motifs is 1. The van der Waals surface area contributed by atoms with Crippen LogP contribution in [0.15, 0.2) is 59.7 Å². The molecule has 27 heavy (non-hydrogen) atoms. The molecule has 0 aliphatic rings. The first-order valence-corrected chi connectivity index (χ1v) is 8.96. The number of nitrogens with one attached hydrogen (secondary N) is 1. The third-order valence-corrected chi connectivity index (χ3v) is 4.32. The third-order valence-electron chi connectivity index (χ3n) is 4.32. The van der Waals surface area contributed by atoms with Gasteiger partial charge >= 0.3 is 0 Å². The Balaban J connectivity index is 1.53. The quantitative estimate of drug-likeness (QED) is 0.698. The molecule has 0 atom stereocenters. The van der Waals surface area contributed by atoms with Gasteiger partial charge in [0.05, 0.1) is 17.2 Å². The molecule has 1 N–H and O–H groups in total. The van der Waals surface area contributed by atoms with E-state index in [4.69, 9.17) is 0 Å². The number of para-hydroxylation sites is 1. The zero-order chi connectivity index (χ0) is 19.2. The normalized spacial score (nSPS) is 11.1. The average Bonchev–Trinajstić information content (AvgIpc) is 2.67. The number of nitrogens with zero attached hydrogens (tertiary/aromatic N) is 3. The van der Waals surface area contributed by atoms with E-state index >= 15 is 0 Å². The van der Waals surface area contributed by atoms with Crippen molar-refractivity contribution in [3.63, 3.8) is 0 Å². The predicted molar refractivity (Wildman–Crippen MR) is 106 cm³/mol. The first-order chi connectivity index (χ1) is 13.0. The number of aromatic nitrogens is 2. The molecule has 3 aromatic rings. The van der Waals surface area contributed by atoms with Crippen LogP contribution in [0.1, 0.15) is 17.5 Å². The lowest BCUT2D eigenvalue weighted by Gasteiger charge is -2.11. The molecule has 0 radical (unpaired) electrons. The van der Waals surface area contributed by atoms with E-state index in [2.05, 4.69) is 27.3 Å². The number of amides is 1. The Morgan fingerprint density at radius 2 is 1.78 bits per heavy atom. The molecule has 3 rings (SSSR count). The molecule has 0 saturated heterocycles. The number of rotatable bonds is 7. The lowest BCUT2D eigenvalue weighted by molar-refractivity contribution is -0.121. The summed E-state index contributed by atoms with van der Waals surface area (Å²) in [6.45, 7) is 1.68. The van der Waals surface area contributed by atoms with Crippen LogP contribution in [0.3, 0.4) is 0 Å². The van der Waals surface area contributed by atoms with Crippen molar-refractivity contribution >= 4 is 16.8 Å². The summed E-state index contributed by atoms with van der Waals surface area (Å²) in [5, 5.41) is 3.47. The SMILES string of the molecule is CN(C)Cc1ccc(CNC(=O)CCn2cnc3ccccc3c2=O)cc1. The van der Waals surface area contributed by atoms with Gasteiger partial charge < -0.3 is 10.2 Å². The summed E-state index contributed by atoms with van der Waals surface area (Å²) >= 11 is 0. The van der Waals surface area contributed by atoms with E-state index in [1.165, 1.54) is 16.5 Å². The fraction of sp³-hybridized carbons (Fsp3) is 0.286. The second kappa shape index (κ2) is 8.60. The molecule has 1 amide bonds. The van der Waals surface area contributed by atoms with Gasteiger partial charge in [0.2, 0.25) is 5.91 Å². The molecule has 0 aliphatic carbocycles. The monoisotopic (exact) mass is 364 g/mol. The van der Waals surface area contributed by atoms with Gasteiger partial charge in [0.25, 0.3) is 5.56 Å². The maximum Gasteiger partial charge on any atom is 0.261 e. The van der Waals surface area contributed by atoms with Crippen LogP contribution in [0.4, 0.5) is 0 Å². The van der Waals surface area contributed by atoms with Gasteiger partial charge in [-0.05, 0) is 37.4 Å². The first-order valence-electron chi connectivity index (χ1n) is 8.96. The summed E-state index contributed by atoms with van der Waals surface area (Å²) < 4.78 is 1.48. The Bertz CT molecular complexity index is 977. The highest BCUT2D eigenvalue weighted by Gasteiger charge is 2.06. The highest BCUT2D eigenvalue weighted by Crippen LogP contribution is 2.07. The predicted octanol–water partition coefficient (Wildman–Crippen LogP) is 2.16. The van der Waals surface area contributed by atoms with Gasteiger partial charge in [-0.2, -0.15) is 0 Å². The van der Waals surface area contributed by atoms with E-state index < -0.39 is 0 Å². The molecule has 0 aliphatic heterocycles. The van der Waals surface area contributed by atoms with Crippen molar-refractivity contribution in [2.24, 2.45) is 0 Å². The number of carbonyl (C=O) groups is 1. The molecule has 0 spiro atoms. The minimum Gasteiger partial charge on any atom is -0.352 e. The van der Waals surface area contributed by atoms with E-state index in [0.717, 1.165) is 12.1 Å². The van der Waals surface area contributed by atoms with Crippen molar-refractivity contribution in [2.75, 3.05) is 14.1 Å². The Labute approximate surface area is 158 Å². The van der Waals surface area contributed by atoms with Crippen LogP contribution in [-0.4, -0.2) is 34.5 Å². The van der Waals surface area contributed by atoms with Crippen molar-refractivity contribution in [3.8, 4) is 0 Å². The summed E-state index contributed by atoms with van der Waals surface area (Å²) in [5.41, 5.74) is 2.83. The van der Waals surface area contributed by atoms with Gasteiger partial charge in [0.15, 0.2) is 0 Å². The summed E-state index contributed by atoms with van der Waals surface area (Å²) in [7, 11) is 4.06. The van der Waals surface area contributed by atoms with Crippen molar-refractivity contribution in [2.45, 2.75) is 26.1 Å². The topological polar surface area (TPSA) is 67.2 Å². The van der Waals surface area contributed by atoms with Crippen molar-refractivity contribution < 1.29 is 4.79 Å². The molecular formula is C21H24N4O2. The van der Waals surface area contributed by atoms with Crippen LogP contribution in [-0.2, 0) is 24.4 Å². The molecule has 6 heteroatoms. The summed E-state index contributed by atoms with van der Waals surface area (Å²) in [6, 6.07) is 15.4. The van der Waals surface area contributed by atoms with E-state index in [-0.39, 0.29) is 17.9 Å². The molecule has 140 valence electrons. The molecule has 0 saturated carbocycles. The highest BCUT2D eigenvalue weighted by molar-refractivity contribution is 5.77. The molecular weight excluding hydrogens is 340 g/mol. The number of hydrogen-bond donors (Lipinski definition) is 1. The summed E-state index contributed by atoms with van der Waals surface area (Å²) in [4.78, 5) is 30.9. The van der Waals surface area contributed by atoms with Crippen molar-refractivity contribution in [1.29, 1.82) is 0 Å². The lowest BCUT2D eigenvalue weighted by Crippen LogP contribution is -2.27. The van der Waals surface area contributed by atoms with Crippen molar-refractivity contribution in [3.05, 3.63) is 76.3 Å². The molecule has 0 bridgehead atoms. The Morgan fingerprint density at radius 1 is 1.07 bits per heavy atom. The van der Waals surface area contributed by atoms with Crippen LogP contribution >= 0.6 is 0 Å². The Morgan fingerprint density at radius 3 is 2.52 bits per heavy atom. The molecule has 2 aromatic carbocycles. The average molecular weight is 364 g/mol. The maximum absolute atomic E-state index is 12.4. The number of benzene rings is 2. The third kappa shape index (κ3) is 5.01. The zero-order valence-corrected chi connectivity index (χ0v) is 15.7. The fourth-order valence-electron chi connectivity index (χ4n) is 2.90. The van der Waals surface area contributed by atoms with Crippen LogP contribution in [0.25, 0.3) is 10.9 Å². The lowest BCUT2D eigenvalue weighted by atomic mass is 10.1. The first kappa shape index (κ1) is 18.8. The molecule has 6 nitrogen and oxygen atoms in total. The fourth-order valence-corrected chi connectivity index (χ4v) is 2.90. The van der Waals surface area contributed by atoms with Crippen LogP contribution in [0.2, 0.25) is 0 Å². The van der Waals surface area contributed by atoms with Crippen molar-refractivity contribution in [1.82, 2.24) is 19.8 Å². The van der Waals surface area contributed by atoms with Gasteiger partial charge in [0, 0.05) is 26.1 Å². The zero-order valence-electron chi connectivity index (χ0n) is 15.7. The van der Waals surface area contributed by atoms with E-state index in [1.807, 2.05) is 38.4 Å². The van der Waals surface area contributed by atoms with Gasteiger partial charge in [-0.25, -0.2) is 4.98 Å². The minimum atomic E-state index is -0.120. The van der Waals surface area contributed by atoms with Crippen LogP contribution in [0.5, 0.6) is 0 Å². The van der Waals surface area contributed by atoms with Gasteiger partial charge in [-0.1, -0.05) is 36.4 Å². The van der Waals surface area contributed by atoms with E-state index in [9.17, 15) is 9.59 Å². The number of aryl methyl sites for hydroxylation is 1. The highest BCUT2D eigenvalue weighted by atomic mass is 16.1. The number of hydrogen-bond acceptors (Lipinski definition) is 4. The van der Waals surface area contributed by atoms with Gasteiger partial charge in [0.1, 0.15) is 0 Å². The van der Waals surface area contributed by atoms with E-state index in [1.54, 1.807) is 12.1 Å². The number of carbonyl (C=O) groups excluding carboxylic acids is 1.